The van der Waals surface area contributed by atoms with E-state index >= 15 is 0 Å². The van der Waals surface area contributed by atoms with Gasteiger partial charge in [0, 0.05) is 61.9 Å². The van der Waals surface area contributed by atoms with E-state index in [2.05, 4.69) is 53.2 Å². The zero-order chi connectivity index (χ0) is 40.1. The number of amides is 3. The Kier molecular flexibility index (Phi) is 11.7. The number of aromatic nitrogens is 2. The van der Waals surface area contributed by atoms with E-state index in [1.165, 1.54) is 30.9 Å². The third-order valence-corrected chi connectivity index (χ3v) is 10.5. The molecule has 57 heavy (non-hydrogen) atoms. The number of hydrogen-bond acceptors (Lipinski definition) is 11. The monoisotopic (exact) mass is 789 g/mol. The van der Waals surface area contributed by atoms with E-state index in [1.54, 1.807) is 6.07 Å². The van der Waals surface area contributed by atoms with Crippen LogP contribution in [0.4, 0.5) is 52.1 Å². The summed E-state index contributed by atoms with van der Waals surface area (Å²) in [4.78, 5) is 51.0. The van der Waals surface area contributed by atoms with Gasteiger partial charge in [-0.15, -0.1) is 0 Å². The first-order valence-corrected chi connectivity index (χ1v) is 18.8. The number of carbonyl (C=O) groups excluding carboxylic acids is 3. The lowest BCUT2D eigenvalue weighted by Gasteiger charge is -2.38. The number of alkyl halides is 3. The van der Waals surface area contributed by atoms with Crippen molar-refractivity contribution < 1.29 is 36.7 Å². The summed E-state index contributed by atoms with van der Waals surface area (Å²) in [5.41, 5.74) is 2.33. The van der Waals surface area contributed by atoms with Gasteiger partial charge in [-0.25, -0.2) is 9.37 Å². The van der Waals surface area contributed by atoms with Gasteiger partial charge < -0.3 is 30.5 Å². The quantitative estimate of drug-likeness (QED) is 0.107. The van der Waals surface area contributed by atoms with E-state index in [0.717, 1.165) is 43.4 Å². The highest BCUT2D eigenvalue weighted by Gasteiger charge is 2.36. The molecule has 4 N–H and O–H groups in total. The molecule has 3 saturated heterocycles. The van der Waals surface area contributed by atoms with E-state index in [0.29, 0.717) is 69.1 Å². The number of halogens is 4. The first kappa shape index (κ1) is 39.3. The molecule has 13 nitrogen and oxygen atoms in total. The summed E-state index contributed by atoms with van der Waals surface area (Å²) in [6.07, 6.45) is -1.43. The number of benzene rings is 3. The molecule has 0 aliphatic carbocycles. The van der Waals surface area contributed by atoms with Crippen molar-refractivity contribution in [2.24, 2.45) is 0 Å². The van der Waals surface area contributed by atoms with Crippen LogP contribution >= 0.6 is 0 Å². The van der Waals surface area contributed by atoms with Crippen LogP contribution in [0.2, 0.25) is 0 Å². The van der Waals surface area contributed by atoms with Crippen LogP contribution < -0.4 is 30.9 Å². The van der Waals surface area contributed by atoms with E-state index in [1.807, 2.05) is 29.2 Å². The number of nitrogens with zero attached hydrogens (tertiary/aromatic N) is 5. The van der Waals surface area contributed by atoms with E-state index in [9.17, 15) is 31.9 Å². The van der Waals surface area contributed by atoms with Crippen LogP contribution in [0.5, 0.6) is 5.75 Å². The van der Waals surface area contributed by atoms with Crippen molar-refractivity contribution in [2.45, 2.75) is 43.8 Å². The third-order valence-electron chi connectivity index (χ3n) is 10.5. The highest BCUT2D eigenvalue weighted by Crippen LogP contribution is 2.37. The molecule has 7 rings (SSSR count). The van der Waals surface area contributed by atoms with Crippen molar-refractivity contribution in [3.8, 4) is 5.75 Å². The Bertz CT molecular complexity index is 2090. The number of imide groups is 1. The lowest BCUT2D eigenvalue weighted by molar-refractivity contribution is -0.137. The van der Waals surface area contributed by atoms with Gasteiger partial charge in [-0.05, 0) is 86.3 Å². The van der Waals surface area contributed by atoms with Gasteiger partial charge >= 0.3 is 6.18 Å². The number of piperidine rings is 2. The molecule has 4 aromatic rings. The van der Waals surface area contributed by atoms with Crippen LogP contribution in [0.1, 0.15) is 42.7 Å². The van der Waals surface area contributed by atoms with Gasteiger partial charge in [-0.3, -0.25) is 24.6 Å². The highest BCUT2D eigenvalue weighted by molar-refractivity contribution is 6.01. The molecule has 17 heteroatoms. The second kappa shape index (κ2) is 17.0. The van der Waals surface area contributed by atoms with E-state index < -0.39 is 29.4 Å². The Morgan fingerprint density at radius 1 is 0.912 bits per heavy atom. The van der Waals surface area contributed by atoms with Gasteiger partial charge in [0.05, 0.1) is 19.3 Å². The molecule has 3 aliphatic rings. The average molecular weight is 790 g/mol. The lowest BCUT2D eigenvalue weighted by Crippen LogP contribution is -2.51. The largest absolute Gasteiger partial charge is 0.494 e. The smallest absolute Gasteiger partial charge is 0.421 e. The average Bonchev–Trinajstić information content (AvgIpc) is 3.19. The fraction of sp³-hybridized carbons (Fsp3) is 0.375. The van der Waals surface area contributed by atoms with Crippen molar-refractivity contribution in [3.05, 3.63) is 89.9 Å². The molecule has 0 bridgehead atoms. The SMILES string of the molecule is COc1cc(N2CCN(C(=O)CN3CCC(c4ccc(NC5CCC(=O)NC5=O)cc4)CC3)CC2)ccc1Nc1ncc(C(F)(F)F)c(Nc2cccc(F)c2)n1. The van der Waals surface area contributed by atoms with Gasteiger partial charge in [-0.2, -0.15) is 18.2 Å². The number of piperazine rings is 1. The minimum atomic E-state index is -4.75. The van der Waals surface area contributed by atoms with E-state index in [4.69, 9.17) is 4.74 Å². The van der Waals surface area contributed by atoms with Crippen molar-refractivity contribution >= 4 is 52.2 Å². The molecule has 3 fully saturated rings. The Morgan fingerprint density at radius 2 is 1.67 bits per heavy atom. The maximum Gasteiger partial charge on any atom is 0.421 e. The van der Waals surface area contributed by atoms with Gasteiger partial charge in [0.2, 0.25) is 23.7 Å². The molecule has 3 aromatic carbocycles. The fourth-order valence-corrected chi connectivity index (χ4v) is 7.36. The zero-order valence-electron chi connectivity index (χ0n) is 31.2. The second-order valence-corrected chi connectivity index (χ2v) is 14.3. The summed E-state index contributed by atoms with van der Waals surface area (Å²) in [6.45, 7) is 4.31. The number of methoxy groups -OCH3 is 1. The minimum Gasteiger partial charge on any atom is -0.494 e. The van der Waals surface area contributed by atoms with Gasteiger partial charge in [0.25, 0.3) is 0 Å². The van der Waals surface area contributed by atoms with Crippen LogP contribution in [0.3, 0.4) is 0 Å². The fourth-order valence-electron chi connectivity index (χ4n) is 7.36. The minimum absolute atomic E-state index is 0.0944. The summed E-state index contributed by atoms with van der Waals surface area (Å²) in [5, 5.41) is 11.1. The maximum absolute atomic E-state index is 13.8. The van der Waals surface area contributed by atoms with E-state index in [-0.39, 0.29) is 29.4 Å². The molecule has 0 spiro atoms. The predicted octanol–water partition coefficient (Wildman–Crippen LogP) is 5.88. The van der Waals surface area contributed by atoms with Crippen molar-refractivity contribution in [2.75, 3.05) is 73.8 Å². The first-order valence-electron chi connectivity index (χ1n) is 18.8. The Morgan fingerprint density at radius 3 is 2.35 bits per heavy atom. The van der Waals surface area contributed by atoms with Crippen molar-refractivity contribution in [1.82, 2.24) is 25.1 Å². The molecular formula is C40H43F4N9O4. The summed E-state index contributed by atoms with van der Waals surface area (Å²) in [7, 11) is 1.48. The molecule has 3 aliphatic heterocycles. The molecule has 300 valence electrons. The van der Waals surface area contributed by atoms with Crippen LogP contribution in [0.15, 0.2) is 72.9 Å². The number of nitrogens with one attached hydrogen (secondary N) is 4. The number of likely N-dealkylation sites (tertiary alicyclic amines) is 1. The molecule has 1 aromatic heterocycles. The molecule has 0 saturated carbocycles. The van der Waals surface area contributed by atoms with Crippen LogP contribution in [0.25, 0.3) is 0 Å². The molecule has 1 atom stereocenters. The topological polar surface area (TPSA) is 144 Å². The Labute approximate surface area is 326 Å². The number of ether oxygens (including phenoxy) is 1. The molecule has 3 amide bonds. The number of hydrogen-bond donors (Lipinski definition) is 4. The Hall–Kier alpha value is -5.97. The molecule has 1 unspecified atom stereocenters. The van der Waals surface area contributed by atoms with Crippen LogP contribution in [-0.2, 0) is 20.6 Å². The van der Waals surface area contributed by atoms with Crippen molar-refractivity contribution in [1.29, 1.82) is 0 Å². The normalized spacial score (nSPS) is 18.2. The predicted molar refractivity (Wildman–Crippen MR) is 206 cm³/mol. The number of anilines is 6. The van der Waals surface area contributed by atoms with Gasteiger partial charge in [-0.1, -0.05) is 18.2 Å². The first-order chi connectivity index (χ1) is 27.4. The highest BCUT2D eigenvalue weighted by atomic mass is 19.4. The van der Waals surface area contributed by atoms with Gasteiger partial charge in [0.1, 0.15) is 29.0 Å². The van der Waals surface area contributed by atoms with Crippen LogP contribution in [-0.4, -0.2) is 96.5 Å². The summed E-state index contributed by atoms with van der Waals surface area (Å²) < 4.78 is 60.6. The Balaban J connectivity index is 0.889. The maximum atomic E-state index is 13.8. The number of rotatable bonds is 11. The summed E-state index contributed by atoms with van der Waals surface area (Å²) in [6, 6.07) is 18.1. The summed E-state index contributed by atoms with van der Waals surface area (Å²) in [5.74, 6) is -0.927. The summed E-state index contributed by atoms with van der Waals surface area (Å²) >= 11 is 0. The third kappa shape index (κ3) is 9.71. The standard InChI is InChI=1S/C40H43F4N9O4/c1-57-34-22-30(9-10-32(34)48-39-45-23-31(40(42,43)44)37(50-39)47-29-4-2-3-27(41)21-29)52-17-19-53(20-18-52)36(55)24-51-15-13-26(14-16-51)25-5-7-28(8-6-25)46-33-11-12-35(54)49-38(33)56/h2-10,21-23,26,33,46H,11-20,24H2,1H3,(H,49,54,56)(H2,45,47,48,50). The van der Waals surface area contributed by atoms with Crippen LogP contribution in [0, 0.1) is 5.82 Å². The molecule has 4 heterocycles. The lowest BCUT2D eigenvalue weighted by atomic mass is 9.89. The zero-order valence-corrected chi connectivity index (χ0v) is 31.2. The van der Waals surface area contributed by atoms with Crippen molar-refractivity contribution in [3.63, 3.8) is 0 Å². The molecule has 0 radical (unpaired) electrons. The van der Waals surface area contributed by atoms with Gasteiger partial charge in [0.15, 0.2) is 0 Å². The number of carbonyl (C=O) groups is 3. The second-order valence-electron chi connectivity index (χ2n) is 14.3. The molecular weight excluding hydrogens is 746 g/mol.